The molecule has 0 atom stereocenters. The molecule has 0 saturated carbocycles. The summed E-state index contributed by atoms with van der Waals surface area (Å²) in [6.07, 6.45) is -0.395. The standard InChI is InChI=1S/C17H24N4O3/c1-11(2)23-13-8-6-7-12(9-13)15-19-14(20-21-15)10-18-16(22)24-17(3,4)5/h6-9,11H,10H2,1-5H3,(H,18,22)(H,19,20,21). The number of carbonyl (C=O) groups is 1. The minimum Gasteiger partial charge on any atom is -0.491 e. The van der Waals surface area contributed by atoms with E-state index in [0.717, 1.165) is 11.3 Å². The van der Waals surface area contributed by atoms with E-state index in [9.17, 15) is 4.79 Å². The van der Waals surface area contributed by atoms with Gasteiger partial charge in [0.2, 0.25) is 0 Å². The van der Waals surface area contributed by atoms with Crippen LogP contribution in [0.1, 0.15) is 40.4 Å². The first kappa shape index (κ1) is 17.8. The number of nitrogens with one attached hydrogen (secondary N) is 2. The molecule has 0 radical (unpaired) electrons. The second-order valence-electron chi connectivity index (χ2n) is 6.66. The molecule has 1 aromatic heterocycles. The second-order valence-corrected chi connectivity index (χ2v) is 6.66. The van der Waals surface area contributed by atoms with Crippen LogP contribution in [0, 0.1) is 0 Å². The first-order valence-corrected chi connectivity index (χ1v) is 7.88. The number of rotatable bonds is 5. The molecule has 7 nitrogen and oxygen atoms in total. The van der Waals surface area contributed by atoms with Gasteiger partial charge in [0.25, 0.3) is 0 Å². The third kappa shape index (κ3) is 5.57. The predicted octanol–water partition coefficient (Wildman–Crippen LogP) is 3.28. The molecule has 1 amide bonds. The van der Waals surface area contributed by atoms with Crippen LogP contribution in [0.15, 0.2) is 24.3 Å². The van der Waals surface area contributed by atoms with Gasteiger partial charge in [-0.25, -0.2) is 9.78 Å². The molecule has 0 spiro atoms. The van der Waals surface area contributed by atoms with Crippen LogP contribution in [0.5, 0.6) is 5.75 Å². The number of alkyl carbamates (subject to hydrolysis) is 1. The predicted molar refractivity (Wildman–Crippen MR) is 90.7 cm³/mol. The third-order valence-electron chi connectivity index (χ3n) is 2.79. The van der Waals surface area contributed by atoms with Crippen LogP contribution < -0.4 is 10.1 Å². The minimum absolute atomic E-state index is 0.0981. The number of carbonyl (C=O) groups excluding carboxylic acids is 1. The van der Waals surface area contributed by atoms with Gasteiger partial charge in [-0.3, -0.25) is 5.10 Å². The van der Waals surface area contributed by atoms with E-state index >= 15 is 0 Å². The Morgan fingerprint density at radius 2 is 2.08 bits per heavy atom. The first-order chi connectivity index (χ1) is 11.2. The van der Waals surface area contributed by atoms with E-state index in [2.05, 4.69) is 20.5 Å². The number of aromatic amines is 1. The number of hydrogen-bond donors (Lipinski definition) is 2. The van der Waals surface area contributed by atoms with Crippen molar-refractivity contribution in [3.8, 4) is 17.1 Å². The van der Waals surface area contributed by atoms with Crippen molar-refractivity contribution in [3.05, 3.63) is 30.1 Å². The Hall–Kier alpha value is -2.57. The van der Waals surface area contributed by atoms with Gasteiger partial charge < -0.3 is 14.8 Å². The zero-order valence-electron chi connectivity index (χ0n) is 14.7. The largest absolute Gasteiger partial charge is 0.491 e. The Balaban J connectivity index is 1.99. The minimum atomic E-state index is -0.534. The van der Waals surface area contributed by atoms with Crippen LogP contribution in [-0.2, 0) is 11.3 Å². The van der Waals surface area contributed by atoms with Crippen LogP contribution in [0.3, 0.4) is 0 Å². The summed E-state index contributed by atoms with van der Waals surface area (Å²) < 4.78 is 10.8. The Kier molecular flexibility index (Phi) is 5.43. The van der Waals surface area contributed by atoms with Crippen molar-refractivity contribution in [3.63, 3.8) is 0 Å². The Morgan fingerprint density at radius 1 is 1.33 bits per heavy atom. The van der Waals surface area contributed by atoms with Crippen molar-refractivity contribution in [1.29, 1.82) is 0 Å². The lowest BCUT2D eigenvalue weighted by atomic mass is 10.2. The summed E-state index contributed by atoms with van der Waals surface area (Å²) in [5, 5.41) is 9.62. The fourth-order valence-corrected chi connectivity index (χ4v) is 1.95. The van der Waals surface area contributed by atoms with Gasteiger partial charge in [-0.15, -0.1) is 0 Å². The molecular weight excluding hydrogens is 308 g/mol. The number of amides is 1. The van der Waals surface area contributed by atoms with Gasteiger partial charge in [0.15, 0.2) is 5.82 Å². The van der Waals surface area contributed by atoms with Crippen LogP contribution in [-0.4, -0.2) is 33.0 Å². The fourth-order valence-electron chi connectivity index (χ4n) is 1.95. The molecule has 2 N–H and O–H groups in total. The van der Waals surface area contributed by atoms with Crippen LogP contribution in [0.4, 0.5) is 4.79 Å². The Labute approximate surface area is 141 Å². The summed E-state index contributed by atoms with van der Waals surface area (Å²) in [6, 6.07) is 7.57. The highest BCUT2D eigenvalue weighted by Gasteiger charge is 2.16. The van der Waals surface area contributed by atoms with Crippen molar-refractivity contribution >= 4 is 6.09 Å². The molecule has 0 saturated heterocycles. The maximum absolute atomic E-state index is 11.6. The van der Waals surface area contributed by atoms with Crippen LogP contribution in [0.2, 0.25) is 0 Å². The van der Waals surface area contributed by atoms with E-state index in [4.69, 9.17) is 9.47 Å². The molecule has 2 rings (SSSR count). The lowest BCUT2D eigenvalue weighted by Crippen LogP contribution is -2.32. The highest BCUT2D eigenvalue weighted by atomic mass is 16.6. The smallest absolute Gasteiger partial charge is 0.408 e. The molecule has 24 heavy (non-hydrogen) atoms. The Morgan fingerprint density at radius 3 is 2.75 bits per heavy atom. The molecule has 0 aliphatic carbocycles. The van der Waals surface area contributed by atoms with Crippen molar-refractivity contribution in [2.45, 2.75) is 52.9 Å². The molecule has 0 bridgehead atoms. The van der Waals surface area contributed by atoms with Gasteiger partial charge in [-0.1, -0.05) is 12.1 Å². The van der Waals surface area contributed by atoms with Crippen LogP contribution >= 0.6 is 0 Å². The Bertz CT molecular complexity index is 689. The molecule has 0 fully saturated rings. The molecule has 0 unspecified atom stereocenters. The third-order valence-corrected chi connectivity index (χ3v) is 2.79. The zero-order chi connectivity index (χ0) is 17.7. The van der Waals surface area contributed by atoms with Gasteiger partial charge in [0.1, 0.15) is 17.2 Å². The maximum atomic E-state index is 11.6. The van der Waals surface area contributed by atoms with Gasteiger partial charge >= 0.3 is 6.09 Å². The number of aromatic nitrogens is 3. The van der Waals surface area contributed by atoms with Gasteiger partial charge in [0.05, 0.1) is 12.6 Å². The molecule has 1 heterocycles. The zero-order valence-corrected chi connectivity index (χ0v) is 14.7. The lowest BCUT2D eigenvalue weighted by Gasteiger charge is -2.19. The molecule has 2 aromatic rings. The molecule has 1 aromatic carbocycles. The monoisotopic (exact) mass is 332 g/mol. The summed E-state index contributed by atoms with van der Waals surface area (Å²) in [4.78, 5) is 16.0. The number of hydrogen-bond acceptors (Lipinski definition) is 5. The van der Waals surface area contributed by atoms with E-state index < -0.39 is 11.7 Å². The van der Waals surface area contributed by atoms with Gasteiger partial charge in [0, 0.05) is 5.56 Å². The number of nitrogens with zero attached hydrogens (tertiary/aromatic N) is 2. The summed E-state index contributed by atoms with van der Waals surface area (Å²) in [7, 11) is 0. The van der Waals surface area contributed by atoms with Gasteiger partial charge in [-0.2, -0.15) is 5.10 Å². The first-order valence-electron chi connectivity index (χ1n) is 7.88. The topological polar surface area (TPSA) is 89.1 Å². The van der Waals surface area contributed by atoms with Crippen molar-refractivity contribution in [1.82, 2.24) is 20.5 Å². The van der Waals surface area contributed by atoms with E-state index in [1.54, 1.807) is 0 Å². The van der Waals surface area contributed by atoms with E-state index in [-0.39, 0.29) is 12.6 Å². The second kappa shape index (κ2) is 7.33. The van der Waals surface area contributed by atoms with E-state index in [0.29, 0.717) is 11.6 Å². The lowest BCUT2D eigenvalue weighted by molar-refractivity contribution is 0.0522. The maximum Gasteiger partial charge on any atom is 0.408 e. The molecule has 0 aliphatic heterocycles. The fraction of sp³-hybridized carbons (Fsp3) is 0.471. The molecule has 0 aliphatic rings. The normalized spacial score (nSPS) is 11.4. The molecular formula is C17H24N4O3. The average Bonchev–Trinajstić information content (AvgIpc) is 2.92. The van der Waals surface area contributed by atoms with E-state index in [1.165, 1.54) is 0 Å². The van der Waals surface area contributed by atoms with Crippen LogP contribution in [0.25, 0.3) is 11.4 Å². The molecule has 130 valence electrons. The van der Waals surface area contributed by atoms with Gasteiger partial charge in [-0.05, 0) is 46.8 Å². The highest BCUT2D eigenvalue weighted by molar-refractivity contribution is 5.67. The van der Waals surface area contributed by atoms with E-state index in [1.807, 2.05) is 58.9 Å². The SMILES string of the molecule is CC(C)Oc1cccc(-c2n[nH]c(CNC(=O)OC(C)(C)C)n2)c1. The molecule has 7 heteroatoms. The summed E-state index contributed by atoms with van der Waals surface area (Å²) in [5.74, 6) is 1.86. The van der Waals surface area contributed by atoms with Crippen molar-refractivity contribution in [2.24, 2.45) is 0 Å². The van der Waals surface area contributed by atoms with Crippen molar-refractivity contribution < 1.29 is 14.3 Å². The number of benzene rings is 1. The number of ether oxygens (including phenoxy) is 2. The number of H-pyrrole nitrogens is 1. The summed E-state index contributed by atoms with van der Waals surface area (Å²) in [6.45, 7) is 9.59. The quantitative estimate of drug-likeness (QED) is 0.877. The summed E-state index contributed by atoms with van der Waals surface area (Å²) in [5.41, 5.74) is 0.306. The van der Waals surface area contributed by atoms with Crippen molar-refractivity contribution in [2.75, 3.05) is 0 Å². The average molecular weight is 332 g/mol. The highest BCUT2D eigenvalue weighted by Crippen LogP contribution is 2.21. The summed E-state index contributed by atoms with van der Waals surface area (Å²) >= 11 is 0.